The van der Waals surface area contributed by atoms with E-state index in [-0.39, 0.29) is 11.7 Å². The van der Waals surface area contributed by atoms with Crippen LogP contribution >= 0.6 is 0 Å². The van der Waals surface area contributed by atoms with Gasteiger partial charge in [0.15, 0.2) is 0 Å². The standard InChI is InChI=1S/C13H14N4O3S/c18-17(19)10-3-4-11-12(6-10)15-7-13(16-11)21(20)8-9-2-1-5-14-9/h3-4,6-7,9,14H,1-2,5,8H2/t9-,21+/m1/s1. The molecule has 0 saturated carbocycles. The molecule has 0 bridgehead atoms. The first kappa shape index (κ1) is 14.0. The van der Waals surface area contributed by atoms with Gasteiger partial charge < -0.3 is 5.32 Å². The summed E-state index contributed by atoms with van der Waals surface area (Å²) in [6.45, 7) is 0.967. The highest BCUT2D eigenvalue weighted by molar-refractivity contribution is 7.85. The van der Waals surface area contributed by atoms with Gasteiger partial charge in [-0.1, -0.05) is 0 Å². The van der Waals surface area contributed by atoms with Crippen molar-refractivity contribution in [3.05, 3.63) is 34.5 Å². The van der Waals surface area contributed by atoms with Crippen molar-refractivity contribution in [2.75, 3.05) is 12.3 Å². The van der Waals surface area contributed by atoms with Crippen molar-refractivity contribution in [3.63, 3.8) is 0 Å². The van der Waals surface area contributed by atoms with E-state index in [1.165, 1.54) is 24.4 Å². The molecule has 1 aromatic heterocycles. The monoisotopic (exact) mass is 306 g/mol. The summed E-state index contributed by atoms with van der Waals surface area (Å²) in [7, 11) is -1.21. The fourth-order valence-corrected chi connectivity index (χ4v) is 3.56. The average molecular weight is 306 g/mol. The number of hydrogen-bond acceptors (Lipinski definition) is 6. The molecule has 0 aliphatic carbocycles. The van der Waals surface area contributed by atoms with Crippen molar-refractivity contribution in [1.29, 1.82) is 0 Å². The highest BCUT2D eigenvalue weighted by atomic mass is 32.2. The molecule has 0 unspecified atom stereocenters. The molecule has 1 aromatic carbocycles. The summed E-state index contributed by atoms with van der Waals surface area (Å²) < 4.78 is 12.3. The highest BCUT2D eigenvalue weighted by Crippen LogP contribution is 2.19. The smallest absolute Gasteiger partial charge is 0.271 e. The molecule has 8 heteroatoms. The van der Waals surface area contributed by atoms with Gasteiger partial charge in [0.2, 0.25) is 0 Å². The van der Waals surface area contributed by atoms with Crippen LogP contribution in [0, 0.1) is 10.1 Å². The molecule has 3 rings (SSSR count). The van der Waals surface area contributed by atoms with Gasteiger partial charge >= 0.3 is 0 Å². The van der Waals surface area contributed by atoms with Crippen LogP contribution in [0.5, 0.6) is 0 Å². The van der Waals surface area contributed by atoms with E-state index < -0.39 is 15.7 Å². The molecule has 0 spiro atoms. The Morgan fingerprint density at radius 2 is 2.29 bits per heavy atom. The summed E-state index contributed by atoms with van der Waals surface area (Å²) in [6.07, 6.45) is 3.57. The van der Waals surface area contributed by atoms with Crippen molar-refractivity contribution in [2.24, 2.45) is 0 Å². The maximum Gasteiger partial charge on any atom is 0.271 e. The summed E-state index contributed by atoms with van der Waals surface area (Å²) in [6, 6.07) is 4.55. The van der Waals surface area contributed by atoms with E-state index in [0.717, 1.165) is 19.4 Å². The number of nitro benzene ring substituents is 1. The van der Waals surface area contributed by atoms with Crippen LogP contribution in [-0.2, 0) is 10.8 Å². The van der Waals surface area contributed by atoms with Gasteiger partial charge in [0.05, 0.1) is 33.0 Å². The van der Waals surface area contributed by atoms with Gasteiger partial charge in [-0.2, -0.15) is 0 Å². The minimum absolute atomic E-state index is 0.0270. The molecule has 1 aliphatic heterocycles. The molecule has 0 amide bonds. The normalized spacial score (nSPS) is 19.7. The Kier molecular flexibility index (Phi) is 3.89. The topological polar surface area (TPSA) is 98.0 Å². The Labute approximate surface area is 123 Å². The number of nitrogens with zero attached hydrogens (tertiary/aromatic N) is 3. The summed E-state index contributed by atoms with van der Waals surface area (Å²) >= 11 is 0. The second-order valence-corrected chi connectivity index (χ2v) is 6.39. The third kappa shape index (κ3) is 3.06. The lowest BCUT2D eigenvalue weighted by atomic mass is 10.2. The van der Waals surface area contributed by atoms with E-state index in [9.17, 15) is 14.3 Å². The number of fused-ring (bicyclic) bond motifs is 1. The number of aromatic nitrogens is 2. The van der Waals surface area contributed by atoms with Crippen LogP contribution in [0.15, 0.2) is 29.4 Å². The van der Waals surface area contributed by atoms with Crippen molar-refractivity contribution < 1.29 is 9.13 Å². The molecule has 1 saturated heterocycles. The van der Waals surface area contributed by atoms with Crippen LogP contribution < -0.4 is 5.32 Å². The Morgan fingerprint density at radius 1 is 1.43 bits per heavy atom. The van der Waals surface area contributed by atoms with Gasteiger partial charge in [0.1, 0.15) is 5.03 Å². The maximum absolute atomic E-state index is 12.3. The van der Waals surface area contributed by atoms with Gasteiger partial charge in [0.25, 0.3) is 5.69 Å². The summed E-state index contributed by atoms with van der Waals surface area (Å²) in [5.74, 6) is 0.521. The molecular weight excluding hydrogens is 292 g/mol. The minimum Gasteiger partial charge on any atom is -0.313 e. The number of non-ortho nitro benzene ring substituents is 1. The Hall–Kier alpha value is -1.93. The second-order valence-electron chi connectivity index (χ2n) is 4.94. The number of nitro groups is 1. The van der Waals surface area contributed by atoms with Crippen LogP contribution in [0.4, 0.5) is 5.69 Å². The molecule has 21 heavy (non-hydrogen) atoms. The molecular formula is C13H14N4O3S. The lowest BCUT2D eigenvalue weighted by Crippen LogP contribution is -2.27. The fraction of sp³-hybridized carbons (Fsp3) is 0.385. The van der Waals surface area contributed by atoms with E-state index in [0.29, 0.717) is 21.8 Å². The van der Waals surface area contributed by atoms with Gasteiger partial charge in [-0.05, 0) is 25.5 Å². The molecule has 2 aromatic rings. The van der Waals surface area contributed by atoms with E-state index in [1.807, 2.05) is 0 Å². The van der Waals surface area contributed by atoms with Crippen LogP contribution in [0.2, 0.25) is 0 Å². The maximum atomic E-state index is 12.3. The van der Waals surface area contributed by atoms with Crippen LogP contribution in [0.3, 0.4) is 0 Å². The van der Waals surface area contributed by atoms with Crippen molar-refractivity contribution in [3.8, 4) is 0 Å². The predicted molar refractivity (Wildman–Crippen MR) is 78.5 cm³/mol. The van der Waals surface area contributed by atoms with Crippen molar-refractivity contribution >= 4 is 27.5 Å². The second kappa shape index (κ2) is 5.82. The van der Waals surface area contributed by atoms with E-state index in [4.69, 9.17) is 0 Å². The number of benzene rings is 1. The van der Waals surface area contributed by atoms with Crippen LogP contribution in [0.25, 0.3) is 11.0 Å². The van der Waals surface area contributed by atoms with Crippen molar-refractivity contribution in [2.45, 2.75) is 23.9 Å². The molecule has 0 radical (unpaired) electrons. The number of rotatable bonds is 4. The molecule has 1 aliphatic rings. The number of nitrogens with one attached hydrogen (secondary N) is 1. The first-order chi connectivity index (χ1) is 10.1. The molecule has 7 nitrogen and oxygen atoms in total. The average Bonchev–Trinajstić information content (AvgIpc) is 2.99. The third-order valence-electron chi connectivity index (χ3n) is 3.46. The Bertz CT molecular complexity index is 716. The summed E-state index contributed by atoms with van der Waals surface area (Å²) in [5.41, 5.74) is 0.926. The fourth-order valence-electron chi connectivity index (χ4n) is 2.37. The largest absolute Gasteiger partial charge is 0.313 e. The molecule has 110 valence electrons. The third-order valence-corrected chi connectivity index (χ3v) is 4.83. The Balaban J connectivity index is 1.84. The van der Waals surface area contributed by atoms with Gasteiger partial charge in [-0.15, -0.1) is 0 Å². The lowest BCUT2D eigenvalue weighted by molar-refractivity contribution is -0.384. The van der Waals surface area contributed by atoms with E-state index in [1.54, 1.807) is 0 Å². The van der Waals surface area contributed by atoms with E-state index >= 15 is 0 Å². The predicted octanol–water partition coefficient (Wildman–Crippen LogP) is 1.40. The molecule has 2 heterocycles. The summed E-state index contributed by atoms with van der Waals surface area (Å²) in [4.78, 5) is 18.7. The Morgan fingerprint density at radius 3 is 3.00 bits per heavy atom. The van der Waals surface area contributed by atoms with Gasteiger partial charge in [-0.25, -0.2) is 4.98 Å². The lowest BCUT2D eigenvalue weighted by Gasteiger charge is -2.09. The van der Waals surface area contributed by atoms with E-state index in [2.05, 4.69) is 15.3 Å². The quantitative estimate of drug-likeness (QED) is 0.677. The van der Waals surface area contributed by atoms with Crippen molar-refractivity contribution in [1.82, 2.24) is 15.3 Å². The van der Waals surface area contributed by atoms with Crippen LogP contribution in [0.1, 0.15) is 12.8 Å². The molecule has 1 fully saturated rings. The zero-order chi connectivity index (χ0) is 14.8. The molecule has 1 N–H and O–H groups in total. The van der Waals surface area contributed by atoms with Crippen LogP contribution in [-0.4, -0.2) is 37.4 Å². The first-order valence-electron chi connectivity index (χ1n) is 6.66. The minimum atomic E-state index is -1.21. The first-order valence-corrected chi connectivity index (χ1v) is 7.98. The zero-order valence-electron chi connectivity index (χ0n) is 11.2. The van der Waals surface area contributed by atoms with Gasteiger partial charge in [-0.3, -0.25) is 19.3 Å². The zero-order valence-corrected chi connectivity index (χ0v) is 12.0. The number of hydrogen-bond donors (Lipinski definition) is 1. The SMILES string of the molecule is O=[N+]([O-])c1ccc2nc([S@@](=O)C[C@H]3CCCN3)cnc2c1. The molecule has 2 atom stereocenters. The summed E-state index contributed by atoms with van der Waals surface area (Å²) in [5, 5.41) is 14.4. The highest BCUT2D eigenvalue weighted by Gasteiger charge is 2.19. The van der Waals surface area contributed by atoms with Gasteiger partial charge in [0, 0.05) is 23.9 Å².